The van der Waals surface area contributed by atoms with Gasteiger partial charge in [0.25, 0.3) is 0 Å². The van der Waals surface area contributed by atoms with Crippen molar-refractivity contribution < 1.29 is 13.9 Å². The second-order valence-electron chi connectivity index (χ2n) is 9.03. The number of carbonyl (C=O) groups is 1. The molecule has 31 heavy (non-hydrogen) atoms. The van der Waals surface area contributed by atoms with Gasteiger partial charge in [-0.25, -0.2) is 4.39 Å². The Morgan fingerprint density at radius 1 is 1.19 bits per heavy atom. The van der Waals surface area contributed by atoms with Crippen LogP contribution in [0.3, 0.4) is 0 Å². The molecule has 0 aliphatic carbocycles. The minimum atomic E-state index is -0.206. The maximum atomic E-state index is 14.0. The van der Waals surface area contributed by atoms with E-state index < -0.39 is 0 Å². The van der Waals surface area contributed by atoms with Gasteiger partial charge in [0.2, 0.25) is 5.91 Å². The van der Waals surface area contributed by atoms with Crippen molar-refractivity contribution >= 4 is 5.91 Å². The molecular weight excluding hydrogens is 391 g/mol. The molecule has 1 saturated heterocycles. The van der Waals surface area contributed by atoms with Crippen LogP contribution in [-0.4, -0.2) is 55.6 Å². The van der Waals surface area contributed by atoms with E-state index in [9.17, 15) is 9.18 Å². The second-order valence-corrected chi connectivity index (χ2v) is 9.03. The summed E-state index contributed by atoms with van der Waals surface area (Å²) in [4.78, 5) is 17.2. The molecule has 1 fully saturated rings. The third-order valence-corrected chi connectivity index (χ3v) is 6.15. The number of rotatable bonds is 9. The molecule has 0 N–H and O–H groups in total. The van der Waals surface area contributed by atoms with E-state index in [-0.39, 0.29) is 29.5 Å². The number of hydrogen-bond donors (Lipinski definition) is 0. The van der Waals surface area contributed by atoms with Crippen LogP contribution in [0.15, 0.2) is 48.5 Å². The first kappa shape index (κ1) is 23.4. The number of amides is 1. The van der Waals surface area contributed by atoms with Crippen LogP contribution in [-0.2, 0) is 16.1 Å². The third kappa shape index (κ3) is 6.37. The predicted octanol–water partition coefficient (Wildman–Crippen LogP) is 4.48. The van der Waals surface area contributed by atoms with Crippen LogP contribution in [0.25, 0.3) is 0 Å². The average molecular weight is 427 g/mol. The van der Waals surface area contributed by atoms with Crippen molar-refractivity contribution in [3.8, 4) is 0 Å². The highest BCUT2D eigenvalue weighted by molar-refractivity contribution is 5.78. The Morgan fingerprint density at radius 2 is 1.94 bits per heavy atom. The van der Waals surface area contributed by atoms with Crippen molar-refractivity contribution in [1.82, 2.24) is 9.80 Å². The number of carbonyl (C=O) groups excluding carboxylic acids is 1. The van der Waals surface area contributed by atoms with Crippen LogP contribution >= 0.6 is 0 Å². The summed E-state index contributed by atoms with van der Waals surface area (Å²) >= 11 is 0. The number of halogens is 1. The minimum Gasteiger partial charge on any atom is -0.383 e. The van der Waals surface area contributed by atoms with Crippen LogP contribution < -0.4 is 0 Å². The molecule has 2 aromatic carbocycles. The standard InChI is InChI=1S/C26H35FN2O2/c1-19(2)26(30)29(12-13-31-4)17-23-16-28(15-21-10-8-20(3)9-11-21)18-25(23)22-6-5-7-24(27)14-22/h5-11,14,19,23,25H,12-13,15-18H2,1-4H3. The van der Waals surface area contributed by atoms with Crippen molar-refractivity contribution in [3.63, 3.8) is 0 Å². The summed E-state index contributed by atoms with van der Waals surface area (Å²) in [6.07, 6.45) is 0. The molecule has 5 heteroatoms. The van der Waals surface area contributed by atoms with Crippen LogP contribution in [0, 0.1) is 24.6 Å². The van der Waals surface area contributed by atoms with E-state index in [1.165, 1.54) is 17.2 Å². The number of aryl methyl sites for hydroxylation is 1. The third-order valence-electron chi connectivity index (χ3n) is 6.15. The topological polar surface area (TPSA) is 32.8 Å². The lowest BCUT2D eigenvalue weighted by molar-refractivity contribution is -0.135. The van der Waals surface area contributed by atoms with E-state index in [2.05, 4.69) is 36.1 Å². The van der Waals surface area contributed by atoms with E-state index in [1.807, 2.05) is 24.8 Å². The Morgan fingerprint density at radius 3 is 2.58 bits per heavy atom. The Balaban J connectivity index is 1.80. The van der Waals surface area contributed by atoms with Gasteiger partial charge in [-0.2, -0.15) is 0 Å². The van der Waals surface area contributed by atoms with Gasteiger partial charge >= 0.3 is 0 Å². The summed E-state index contributed by atoms with van der Waals surface area (Å²) in [5.41, 5.74) is 3.54. The van der Waals surface area contributed by atoms with Gasteiger partial charge in [-0.3, -0.25) is 9.69 Å². The van der Waals surface area contributed by atoms with Gasteiger partial charge in [0.05, 0.1) is 6.61 Å². The summed E-state index contributed by atoms with van der Waals surface area (Å²) in [6.45, 7) is 10.3. The molecule has 2 atom stereocenters. The molecule has 1 aliphatic heterocycles. The van der Waals surface area contributed by atoms with Crippen LogP contribution in [0.4, 0.5) is 4.39 Å². The van der Waals surface area contributed by atoms with Crippen LogP contribution in [0.2, 0.25) is 0 Å². The van der Waals surface area contributed by atoms with Gasteiger partial charge in [0.1, 0.15) is 5.82 Å². The Hall–Kier alpha value is -2.24. The zero-order chi connectivity index (χ0) is 22.4. The van der Waals surface area contributed by atoms with Crippen LogP contribution in [0.5, 0.6) is 0 Å². The largest absolute Gasteiger partial charge is 0.383 e. The van der Waals surface area contributed by atoms with E-state index in [0.29, 0.717) is 19.7 Å². The molecule has 0 spiro atoms. The molecule has 1 aliphatic rings. The quantitative estimate of drug-likeness (QED) is 0.593. The van der Waals surface area contributed by atoms with Gasteiger partial charge in [-0.15, -0.1) is 0 Å². The van der Waals surface area contributed by atoms with E-state index in [4.69, 9.17) is 4.74 Å². The maximum Gasteiger partial charge on any atom is 0.225 e. The number of nitrogens with zero attached hydrogens (tertiary/aromatic N) is 2. The average Bonchev–Trinajstić information content (AvgIpc) is 3.14. The van der Waals surface area contributed by atoms with E-state index in [0.717, 1.165) is 25.2 Å². The number of benzene rings is 2. The number of ether oxygens (including phenoxy) is 1. The van der Waals surface area contributed by atoms with Crippen molar-refractivity contribution in [1.29, 1.82) is 0 Å². The lowest BCUT2D eigenvalue weighted by Crippen LogP contribution is -2.41. The molecule has 1 heterocycles. The molecular formula is C26H35FN2O2. The zero-order valence-corrected chi connectivity index (χ0v) is 19.2. The van der Waals surface area contributed by atoms with Gasteiger partial charge < -0.3 is 9.64 Å². The normalized spacial score (nSPS) is 19.2. The molecule has 3 rings (SSSR count). The molecule has 168 valence electrons. The predicted molar refractivity (Wildman–Crippen MR) is 122 cm³/mol. The minimum absolute atomic E-state index is 0.0606. The molecule has 2 unspecified atom stereocenters. The van der Waals surface area contributed by atoms with E-state index >= 15 is 0 Å². The zero-order valence-electron chi connectivity index (χ0n) is 19.2. The second kappa shape index (κ2) is 10.9. The highest BCUT2D eigenvalue weighted by atomic mass is 19.1. The first-order valence-electron chi connectivity index (χ1n) is 11.2. The SMILES string of the molecule is COCCN(CC1CN(Cc2ccc(C)cc2)CC1c1cccc(F)c1)C(=O)C(C)C. The van der Waals surface area contributed by atoms with Gasteiger partial charge in [0.15, 0.2) is 0 Å². The summed E-state index contributed by atoms with van der Waals surface area (Å²) in [6, 6.07) is 15.6. The van der Waals surface area contributed by atoms with Gasteiger partial charge in [-0.05, 0) is 36.1 Å². The van der Waals surface area contributed by atoms with Crippen LogP contribution in [0.1, 0.15) is 36.5 Å². The number of hydrogen-bond acceptors (Lipinski definition) is 3. The van der Waals surface area contributed by atoms with Gasteiger partial charge in [-0.1, -0.05) is 55.8 Å². The number of methoxy groups -OCH3 is 1. The molecule has 0 saturated carbocycles. The first-order chi connectivity index (χ1) is 14.9. The summed E-state index contributed by atoms with van der Waals surface area (Å²) in [7, 11) is 1.66. The Labute approximate surface area is 186 Å². The first-order valence-corrected chi connectivity index (χ1v) is 11.2. The van der Waals surface area contributed by atoms with Crippen molar-refractivity contribution in [2.75, 3.05) is 39.9 Å². The van der Waals surface area contributed by atoms with Crippen molar-refractivity contribution in [2.45, 2.75) is 33.2 Å². The molecule has 0 bridgehead atoms. The fourth-order valence-corrected chi connectivity index (χ4v) is 4.48. The lowest BCUT2D eigenvalue weighted by atomic mass is 9.88. The number of likely N-dealkylation sites (tertiary alicyclic amines) is 1. The fraction of sp³-hybridized carbons (Fsp3) is 0.500. The van der Waals surface area contributed by atoms with Crippen molar-refractivity contribution in [3.05, 3.63) is 71.0 Å². The molecule has 4 nitrogen and oxygen atoms in total. The van der Waals surface area contributed by atoms with E-state index in [1.54, 1.807) is 19.2 Å². The summed E-state index contributed by atoms with van der Waals surface area (Å²) in [5, 5.41) is 0. The summed E-state index contributed by atoms with van der Waals surface area (Å²) < 4.78 is 19.2. The molecule has 1 amide bonds. The highest BCUT2D eigenvalue weighted by Crippen LogP contribution is 2.34. The highest BCUT2D eigenvalue weighted by Gasteiger charge is 2.36. The molecule has 0 aromatic heterocycles. The lowest BCUT2D eigenvalue weighted by Gasteiger charge is -2.29. The molecule has 2 aromatic rings. The van der Waals surface area contributed by atoms with Crippen molar-refractivity contribution in [2.24, 2.45) is 11.8 Å². The summed E-state index contributed by atoms with van der Waals surface area (Å²) in [5.74, 6) is 0.308. The molecule has 0 radical (unpaired) electrons. The fourth-order valence-electron chi connectivity index (χ4n) is 4.48. The Kier molecular flexibility index (Phi) is 8.22. The monoisotopic (exact) mass is 426 g/mol. The smallest absolute Gasteiger partial charge is 0.225 e. The van der Waals surface area contributed by atoms with Gasteiger partial charge in [0, 0.05) is 51.7 Å². The Bertz CT molecular complexity index is 853. The maximum absolute atomic E-state index is 14.0.